The number of aryl methyl sites for hydroxylation is 1. The molecule has 1 fully saturated rings. The number of aromatic hydroxyl groups is 2. The highest BCUT2D eigenvalue weighted by Gasteiger charge is 2.30. The number of nitrogens with one attached hydrogen (secondary N) is 2. The maximum atomic E-state index is 12.6. The number of amides is 1. The zero-order valence-corrected chi connectivity index (χ0v) is 21.4. The van der Waals surface area contributed by atoms with Gasteiger partial charge < -0.3 is 35.1 Å². The van der Waals surface area contributed by atoms with Gasteiger partial charge in [0.2, 0.25) is 5.91 Å². The van der Waals surface area contributed by atoms with Crippen molar-refractivity contribution in [2.75, 3.05) is 32.9 Å². The zero-order valence-electron chi connectivity index (χ0n) is 21.4. The molecule has 35 heavy (non-hydrogen) atoms. The lowest BCUT2D eigenvalue weighted by molar-refractivity contribution is -0.160. The molecule has 1 aromatic carbocycles. The lowest BCUT2D eigenvalue weighted by Crippen LogP contribution is -2.53. The molecule has 1 heterocycles. The van der Waals surface area contributed by atoms with E-state index in [0.717, 1.165) is 6.07 Å². The smallest absolute Gasteiger partial charge is 0.338 e. The Kier molecular flexibility index (Phi) is 9.51. The molecule has 4 N–H and O–H groups in total. The Hall–Kier alpha value is -2.85. The summed E-state index contributed by atoms with van der Waals surface area (Å²) in [6.45, 7) is 11.9. The van der Waals surface area contributed by atoms with Gasteiger partial charge in [-0.1, -0.05) is 0 Å². The van der Waals surface area contributed by atoms with E-state index in [-0.39, 0.29) is 36.3 Å². The first kappa shape index (κ1) is 28.4. The number of ether oxygens (including phenoxy) is 3. The third-order valence-electron chi connectivity index (χ3n) is 5.64. The second-order valence-electron chi connectivity index (χ2n) is 10.6. The van der Waals surface area contributed by atoms with E-state index in [9.17, 15) is 24.6 Å². The van der Waals surface area contributed by atoms with Gasteiger partial charge in [-0.05, 0) is 65.7 Å². The second-order valence-corrected chi connectivity index (χ2v) is 10.6. The highest BCUT2D eigenvalue weighted by molar-refractivity contribution is 5.92. The summed E-state index contributed by atoms with van der Waals surface area (Å²) in [4.78, 5) is 37.4. The fraction of sp³-hybridized carbons (Fsp3) is 0.640. The molecule has 0 saturated carbocycles. The highest BCUT2D eigenvalue weighted by Crippen LogP contribution is 2.28. The van der Waals surface area contributed by atoms with Gasteiger partial charge in [-0.3, -0.25) is 9.59 Å². The molecule has 10 heteroatoms. The first-order chi connectivity index (χ1) is 16.2. The van der Waals surface area contributed by atoms with Crippen molar-refractivity contribution in [1.29, 1.82) is 0 Å². The molecule has 2 atom stereocenters. The number of phenolic OH excluding ortho intramolecular Hbond substituents is 2. The number of carbonyl (C=O) groups excluding carboxylic acids is 3. The van der Waals surface area contributed by atoms with Crippen molar-refractivity contribution in [2.45, 2.75) is 59.6 Å². The summed E-state index contributed by atoms with van der Waals surface area (Å²) in [7, 11) is 0. The number of hydrogen-bond acceptors (Lipinski definition) is 9. The van der Waals surface area contributed by atoms with Gasteiger partial charge >= 0.3 is 11.9 Å². The Morgan fingerprint density at radius 1 is 1.14 bits per heavy atom. The molecule has 2 unspecified atom stereocenters. The van der Waals surface area contributed by atoms with Crippen molar-refractivity contribution in [2.24, 2.45) is 11.3 Å². The third kappa shape index (κ3) is 8.70. The van der Waals surface area contributed by atoms with Crippen LogP contribution in [0.4, 0.5) is 0 Å². The summed E-state index contributed by atoms with van der Waals surface area (Å²) in [5.41, 5.74) is -0.775. The molecule has 1 amide bonds. The van der Waals surface area contributed by atoms with Crippen LogP contribution in [0.5, 0.6) is 11.5 Å². The van der Waals surface area contributed by atoms with Crippen LogP contribution in [-0.2, 0) is 23.8 Å². The van der Waals surface area contributed by atoms with E-state index in [4.69, 9.17) is 14.2 Å². The van der Waals surface area contributed by atoms with E-state index in [2.05, 4.69) is 10.6 Å². The SMILES string of the molecule is Cc1cc(O)c(O)cc1C(=O)OCC(CNC(C)(C)CNC(=O)C1CCOC1)OC(=O)C(C)(C)C. The van der Waals surface area contributed by atoms with Crippen LogP contribution in [0.25, 0.3) is 0 Å². The minimum Gasteiger partial charge on any atom is -0.504 e. The minimum atomic E-state index is -0.796. The normalized spacial score (nSPS) is 17.0. The molecule has 196 valence electrons. The molecule has 2 rings (SSSR count). The van der Waals surface area contributed by atoms with Crippen LogP contribution < -0.4 is 10.6 Å². The van der Waals surface area contributed by atoms with Crippen LogP contribution in [0.1, 0.15) is 57.0 Å². The van der Waals surface area contributed by atoms with Crippen molar-refractivity contribution in [3.8, 4) is 11.5 Å². The van der Waals surface area contributed by atoms with Gasteiger partial charge in [0, 0.05) is 25.2 Å². The van der Waals surface area contributed by atoms with Gasteiger partial charge in [-0.25, -0.2) is 4.79 Å². The Morgan fingerprint density at radius 2 is 1.80 bits per heavy atom. The summed E-state index contributed by atoms with van der Waals surface area (Å²) in [5, 5.41) is 25.5. The second kappa shape index (κ2) is 11.7. The Balaban J connectivity index is 1.99. The average molecular weight is 495 g/mol. The first-order valence-electron chi connectivity index (χ1n) is 11.7. The maximum Gasteiger partial charge on any atom is 0.338 e. The van der Waals surface area contributed by atoms with Crippen molar-refractivity contribution in [1.82, 2.24) is 10.6 Å². The monoisotopic (exact) mass is 494 g/mol. The minimum absolute atomic E-state index is 0.0606. The van der Waals surface area contributed by atoms with Gasteiger partial charge in [-0.2, -0.15) is 0 Å². The lowest BCUT2D eigenvalue weighted by Gasteiger charge is -2.30. The van der Waals surface area contributed by atoms with Crippen molar-refractivity contribution < 1.29 is 38.8 Å². The molecule has 0 spiro atoms. The number of rotatable bonds is 10. The lowest BCUT2D eigenvalue weighted by atomic mass is 9.97. The van der Waals surface area contributed by atoms with E-state index in [1.165, 1.54) is 6.07 Å². The van der Waals surface area contributed by atoms with Crippen molar-refractivity contribution in [3.63, 3.8) is 0 Å². The molecular weight excluding hydrogens is 456 g/mol. The van der Waals surface area contributed by atoms with Gasteiger partial charge in [0.25, 0.3) is 0 Å². The van der Waals surface area contributed by atoms with Gasteiger partial charge in [-0.15, -0.1) is 0 Å². The average Bonchev–Trinajstić information content (AvgIpc) is 3.30. The van der Waals surface area contributed by atoms with E-state index in [1.807, 2.05) is 13.8 Å². The summed E-state index contributed by atoms with van der Waals surface area (Å²) in [5.74, 6) is -2.16. The standard InChI is InChI=1S/C25H38N2O8/c1-15-9-19(28)20(29)10-18(15)22(31)34-13-17(35-23(32)24(2,3)4)11-27-25(5,6)14-26-21(30)16-7-8-33-12-16/h9-10,16-17,27-29H,7-8,11-14H2,1-6H3,(H,26,30). The molecule has 0 radical (unpaired) electrons. The molecule has 1 aromatic rings. The predicted octanol–water partition coefficient (Wildman–Crippen LogP) is 2.04. The number of esters is 2. The van der Waals surface area contributed by atoms with Crippen LogP contribution in [0, 0.1) is 18.3 Å². The van der Waals surface area contributed by atoms with Crippen LogP contribution >= 0.6 is 0 Å². The molecule has 0 aliphatic carbocycles. The quantitative estimate of drug-likeness (QED) is 0.284. The first-order valence-corrected chi connectivity index (χ1v) is 11.7. The summed E-state index contributed by atoms with van der Waals surface area (Å²) in [6.07, 6.45) is -0.0938. The Labute approximate surface area is 206 Å². The van der Waals surface area contributed by atoms with E-state index >= 15 is 0 Å². The molecule has 1 saturated heterocycles. The predicted molar refractivity (Wildman–Crippen MR) is 128 cm³/mol. The number of benzene rings is 1. The van der Waals surface area contributed by atoms with Crippen LogP contribution in [0.2, 0.25) is 0 Å². The Bertz CT molecular complexity index is 917. The summed E-state index contributed by atoms with van der Waals surface area (Å²) >= 11 is 0. The number of phenols is 2. The fourth-order valence-corrected chi connectivity index (χ4v) is 3.26. The zero-order chi connectivity index (χ0) is 26.4. The summed E-state index contributed by atoms with van der Waals surface area (Å²) < 4.78 is 16.2. The van der Waals surface area contributed by atoms with Crippen LogP contribution in [0.15, 0.2) is 12.1 Å². The summed E-state index contributed by atoms with van der Waals surface area (Å²) in [6, 6.07) is 2.39. The van der Waals surface area contributed by atoms with Crippen molar-refractivity contribution in [3.05, 3.63) is 23.3 Å². The topological polar surface area (TPSA) is 143 Å². The highest BCUT2D eigenvalue weighted by atomic mass is 16.6. The van der Waals surface area contributed by atoms with Crippen LogP contribution in [0.3, 0.4) is 0 Å². The molecule has 0 bridgehead atoms. The number of hydrogen-bond donors (Lipinski definition) is 4. The molecule has 0 aromatic heterocycles. The molecular formula is C25H38N2O8. The Morgan fingerprint density at radius 3 is 2.40 bits per heavy atom. The van der Waals surface area contributed by atoms with Gasteiger partial charge in [0.1, 0.15) is 12.7 Å². The number of carbonyl (C=O) groups is 3. The molecule has 1 aliphatic rings. The van der Waals surface area contributed by atoms with E-state index < -0.39 is 34.7 Å². The van der Waals surface area contributed by atoms with Gasteiger partial charge in [0.05, 0.1) is 23.5 Å². The molecule has 10 nitrogen and oxygen atoms in total. The third-order valence-corrected chi connectivity index (χ3v) is 5.64. The van der Waals surface area contributed by atoms with E-state index in [0.29, 0.717) is 31.7 Å². The van der Waals surface area contributed by atoms with Gasteiger partial charge in [0.15, 0.2) is 11.5 Å². The largest absolute Gasteiger partial charge is 0.504 e. The van der Waals surface area contributed by atoms with E-state index in [1.54, 1.807) is 27.7 Å². The van der Waals surface area contributed by atoms with Crippen molar-refractivity contribution >= 4 is 17.8 Å². The fourth-order valence-electron chi connectivity index (χ4n) is 3.26. The molecule has 1 aliphatic heterocycles. The van der Waals surface area contributed by atoms with Crippen LogP contribution in [-0.4, -0.2) is 72.6 Å². The maximum absolute atomic E-state index is 12.6.